The van der Waals surface area contributed by atoms with Gasteiger partial charge >= 0.3 is 5.97 Å². The number of rotatable bonds is 10. The first-order chi connectivity index (χ1) is 13.4. The van der Waals surface area contributed by atoms with Gasteiger partial charge in [-0.1, -0.05) is 12.7 Å². The van der Waals surface area contributed by atoms with E-state index in [9.17, 15) is 13.2 Å². The molecule has 2 rings (SSSR count). The first kappa shape index (κ1) is 21.3. The number of anilines is 1. The summed E-state index contributed by atoms with van der Waals surface area (Å²) in [6.07, 6.45) is 1.61. The minimum absolute atomic E-state index is 0.0320. The van der Waals surface area contributed by atoms with Crippen molar-refractivity contribution in [3.05, 3.63) is 61.2 Å². The molecule has 0 heterocycles. The zero-order valence-electron chi connectivity index (χ0n) is 15.8. The zero-order chi connectivity index (χ0) is 20.6. The van der Waals surface area contributed by atoms with Crippen molar-refractivity contribution in [2.75, 3.05) is 31.2 Å². The van der Waals surface area contributed by atoms with Crippen molar-refractivity contribution in [1.29, 1.82) is 0 Å². The summed E-state index contributed by atoms with van der Waals surface area (Å²) in [5.74, 6) is 0.438. The number of nitrogens with zero attached hydrogens (tertiary/aromatic N) is 1. The third-order valence-corrected chi connectivity index (χ3v) is 5.51. The highest BCUT2D eigenvalue weighted by atomic mass is 32.2. The predicted molar refractivity (Wildman–Crippen MR) is 106 cm³/mol. The molecule has 0 aliphatic carbocycles. The van der Waals surface area contributed by atoms with Crippen LogP contribution in [-0.4, -0.2) is 41.3 Å². The molecule has 0 unspecified atom stereocenters. The monoisotopic (exact) mass is 405 g/mol. The summed E-state index contributed by atoms with van der Waals surface area (Å²) in [5.41, 5.74) is 0.315. The van der Waals surface area contributed by atoms with Crippen molar-refractivity contribution >= 4 is 21.7 Å². The molecule has 0 saturated heterocycles. The highest BCUT2D eigenvalue weighted by Crippen LogP contribution is 2.27. The third-order valence-electron chi connectivity index (χ3n) is 3.72. The molecule has 0 aliphatic rings. The molecule has 0 aromatic heterocycles. The van der Waals surface area contributed by atoms with Crippen LogP contribution in [0, 0.1) is 0 Å². The lowest BCUT2D eigenvalue weighted by molar-refractivity contribution is -0.141. The predicted octanol–water partition coefficient (Wildman–Crippen LogP) is 3.02. The van der Waals surface area contributed by atoms with E-state index in [1.165, 1.54) is 19.2 Å². The quantitative estimate of drug-likeness (QED) is 0.446. The van der Waals surface area contributed by atoms with Crippen LogP contribution in [0.3, 0.4) is 0 Å². The molecule has 8 heteroatoms. The third kappa shape index (κ3) is 5.26. The second-order valence-electron chi connectivity index (χ2n) is 5.59. The summed E-state index contributed by atoms with van der Waals surface area (Å²) >= 11 is 0. The highest BCUT2D eigenvalue weighted by molar-refractivity contribution is 7.92. The summed E-state index contributed by atoms with van der Waals surface area (Å²) in [6, 6.07) is 12.3. The summed E-state index contributed by atoms with van der Waals surface area (Å²) in [7, 11) is -2.51. The molecule has 0 atom stereocenters. The van der Waals surface area contributed by atoms with E-state index in [1.807, 2.05) is 0 Å². The minimum atomic E-state index is -4.00. The number of methoxy groups -OCH3 is 1. The Morgan fingerprint density at radius 3 is 2.21 bits per heavy atom. The van der Waals surface area contributed by atoms with Crippen molar-refractivity contribution in [2.24, 2.45) is 0 Å². The number of hydrogen-bond donors (Lipinski definition) is 0. The lowest BCUT2D eigenvalue weighted by atomic mass is 10.3. The Bertz CT molecular complexity index is 891. The molecule has 0 bridgehead atoms. The second kappa shape index (κ2) is 9.80. The van der Waals surface area contributed by atoms with Crippen molar-refractivity contribution in [1.82, 2.24) is 0 Å². The van der Waals surface area contributed by atoms with Crippen LogP contribution in [0.25, 0.3) is 0 Å². The van der Waals surface area contributed by atoms with E-state index < -0.39 is 22.5 Å². The summed E-state index contributed by atoms with van der Waals surface area (Å²) in [6.45, 7) is 5.27. The first-order valence-corrected chi connectivity index (χ1v) is 10.0. The normalized spacial score (nSPS) is 10.8. The SMILES string of the molecule is C=CCOc1ccc(N(CC(=O)OCC)S(=O)(=O)c2ccc(OC)cc2)cc1. The molecule has 0 radical (unpaired) electrons. The van der Waals surface area contributed by atoms with Gasteiger partial charge in [-0.05, 0) is 55.5 Å². The molecular formula is C20H23NO6S. The van der Waals surface area contributed by atoms with Crippen molar-refractivity contribution in [3.8, 4) is 11.5 Å². The second-order valence-corrected chi connectivity index (χ2v) is 7.45. The van der Waals surface area contributed by atoms with E-state index >= 15 is 0 Å². The highest BCUT2D eigenvalue weighted by Gasteiger charge is 2.27. The van der Waals surface area contributed by atoms with Crippen molar-refractivity contribution in [2.45, 2.75) is 11.8 Å². The average Bonchev–Trinajstić information content (AvgIpc) is 2.71. The number of carbonyl (C=O) groups is 1. The van der Waals surface area contributed by atoms with Crippen LogP contribution >= 0.6 is 0 Å². The number of esters is 1. The summed E-state index contributed by atoms with van der Waals surface area (Å²) < 4.78 is 42.7. The van der Waals surface area contributed by atoms with Gasteiger partial charge in [0, 0.05) is 0 Å². The van der Waals surface area contributed by atoms with Crippen molar-refractivity contribution in [3.63, 3.8) is 0 Å². The Morgan fingerprint density at radius 1 is 1.07 bits per heavy atom. The van der Waals surface area contributed by atoms with Gasteiger partial charge in [-0.3, -0.25) is 9.10 Å². The van der Waals surface area contributed by atoms with Gasteiger partial charge in [0.25, 0.3) is 10.0 Å². The van der Waals surface area contributed by atoms with Crippen LogP contribution in [0.1, 0.15) is 6.92 Å². The van der Waals surface area contributed by atoms with Gasteiger partial charge < -0.3 is 14.2 Å². The lowest BCUT2D eigenvalue weighted by Gasteiger charge is -2.24. The van der Waals surface area contributed by atoms with E-state index in [2.05, 4.69) is 6.58 Å². The Morgan fingerprint density at radius 2 is 1.68 bits per heavy atom. The van der Waals surface area contributed by atoms with Crippen LogP contribution in [0.2, 0.25) is 0 Å². The molecule has 0 saturated carbocycles. The zero-order valence-corrected chi connectivity index (χ0v) is 16.6. The number of ether oxygens (including phenoxy) is 3. The fourth-order valence-corrected chi connectivity index (χ4v) is 3.79. The molecule has 2 aromatic rings. The average molecular weight is 405 g/mol. The maximum atomic E-state index is 13.2. The number of carbonyl (C=O) groups excluding carboxylic acids is 1. The maximum absolute atomic E-state index is 13.2. The molecule has 0 fully saturated rings. The van der Waals surface area contributed by atoms with Crippen LogP contribution in [0.15, 0.2) is 66.1 Å². The Labute approximate surface area is 165 Å². The molecule has 0 N–H and O–H groups in total. The summed E-state index contributed by atoms with van der Waals surface area (Å²) in [4.78, 5) is 12.1. The van der Waals surface area contributed by atoms with E-state index in [0.29, 0.717) is 23.8 Å². The number of sulfonamides is 1. The van der Waals surface area contributed by atoms with Gasteiger partial charge in [-0.2, -0.15) is 0 Å². The van der Waals surface area contributed by atoms with Crippen LogP contribution in [0.4, 0.5) is 5.69 Å². The standard InChI is InChI=1S/C20H23NO6S/c1-4-14-27-18-8-6-16(7-9-18)21(15-20(22)26-5-2)28(23,24)19-12-10-17(25-3)11-13-19/h4,6-13H,1,5,14-15H2,2-3H3. The van der Waals surface area contributed by atoms with Crippen molar-refractivity contribution < 1.29 is 27.4 Å². The molecular weight excluding hydrogens is 382 g/mol. The topological polar surface area (TPSA) is 82.1 Å². The molecule has 0 aliphatic heterocycles. The minimum Gasteiger partial charge on any atom is -0.497 e. The summed E-state index contributed by atoms with van der Waals surface area (Å²) in [5, 5.41) is 0. The van der Waals surface area contributed by atoms with E-state index in [-0.39, 0.29) is 11.5 Å². The van der Waals surface area contributed by atoms with Gasteiger partial charge in [-0.25, -0.2) is 8.42 Å². The molecule has 2 aromatic carbocycles. The number of hydrogen-bond acceptors (Lipinski definition) is 6. The van der Waals surface area contributed by atoms with Gasteiger partial charge in [0.2, 0.25) is 0 Å². The van der Waals surface area contributed by atoms with Crippen LogP contribution in [-0.2, 0) is 19.6 Å². The van der Waals surface area contributed by atoms with E-state index in [1.54, 1.807) is 49.4 Å². The van der Waals surface area contributed by atoms with Gasteiger partial charge in [0.05, 0.1) is 24.3 Å². The molecule has 28 heavy (non-hydrogen) atoms. The fourth-order valence-electron chi connectivity index (χ4n) is 2.38. The molecule has 7 nitrogen and oxygen atoms in total. The maximum Gasteiger partial charge on any atom is 0.326 e. The molecule has 0 amide bonds. The van der Waals surface area contributed by atoms with E-state index in [0.717, 1.165) is 4.31 Å². The number of benzene rings is 2. The van der Waals surface area contributed by atoms with Gasteiger partial charge in [-0.15, -0.1) is 0 Å². The van der Waals surface area contributed by atoms with E-state index in [4.69, 9.17) is 14.2 Å². The Kier molecular flexibility index (Phi) is 7.45. The largest absolute Gasteiger partial charge is 0.497 e. The Hall–Kier alpha value is -3.00. The Balaban J connectivity index is 2.39. The lowest BCUT2D eigenvalue weighted by Crippen LogP contribution is -2.36. The van der Waals surface area contributed by atoms with Crippen LogP contribution < -0.4 is 13.8 Å². The van der Waals surface area contributed by atoms with Gasteiger partial charge in [0.1, 0.15) is 24.7 Å². The molecule has 0 spiro atoms. The first-order valence-electron chi connectivity index (χ1n) is 8.58. The van der Waals surface area contributed by atoms with Gasteiger partial charge in [0.15, 0.2) is 0 Å². The molecule has 150 valence electrons. The fraction of sp³-hybridized carbons (Fsp3) is 0.250. The van der Waals surface area contributed by atoms with Crippen LogP contribution in [0.5, 0.6) is 11.5 Å². The smallest absolute Gasteiger partial charge is 0.326 e.